The van der Waals surface area contributed by atoms with Gasteiger partial charge < -0.3 is 20.3 Å². The summed E-state index contributed by atoms with van der Waals surface area (Å²) in [6, 6.07) is 9.36. The molecule has 1 aliphatic carbocycles. The topological polar surface area (TPSA) is 105 Å². The fraction of sp³-hybridized carbons (Fsp3) is 0.444. The second kappa shape index (κ2) is 11.4. The molecule has 1 fully saturated rings. The summed E-state index contributed by atoms with van der Waals surface area (Å²) in [5, 5.41) is 5.59. The van der Waals surface area contributed by atoms with Gasteiger partial charge in [-0.3, -0.25) is 0 Å². The third-order valence-electron chi connectivity index (χ3n) is 6.71. The molecule has 3 aromatic rings. The third kappa shape index (κ3) is 5.79. The summed E-state index contributed by atoms with van der Waals surface area (Å²) in [7, 11) is 0. The van der Waals surface area contributed by atoms with Crippen LogP contribution in [-0.4, -0.2) is 58.8 Å². The lowest BCUT2D eigenvalue weighted by molar-refractivity contribution is 0.152. The van der Waals surface area contributed by atoms with Gasteiger partial charge in [0.25, 0.3) is 0 Å². The number of carbonyl (C=O) groups excluding carboxylic acids is 1. The summed E-state index contributed by atoms with van der Waals surface area (Å²) in [4.78, 5) is 33.3. The van der Waals surface area contributed by atoms with Gasteiger partial charge in [0.15, 0.2) is 5.82 Å². The van der Waals surface area contributed by atoms with Gasteiger partial charge in [-0.25, -0.2) is 24.7 Å². The molecule has 2 aliphatic rings. The Labute approximate surface area is 211 Å². The minimum absolute atomic E-state index is 0.214. The van der Waals surface area contributed by atoms with Gasteiger partial charge in [-0.15, -0.1) is 0 Å². The number of nitrogens with zero attached hydrogens (tertiary/aromatic N) is 5. The Kier molecular flexibility index (Phi) is 7.66. The predicted molar refractivity (Wildman–Crippen MR) is 139 cm³/mol. The summed E-state index contributed by atoms with van der Waals surface area (Å²) >= 11 is 0. The van der Waals surface area contributed by atoms with E-state index in [0.717, 1.165) is 86.2 Å². The van der Waals surface area contributed by atoms with Gasteiger partial charge in [-0.2, -0.15) is 0 Å². The van der Waals surface area contributed by atoms with Crippen molar-refractivity contribution in [1.29, 1.82) is 0 Å². The zero-order valence-corrected chi connectivity index (χ0v) is 20.7. The highest BCUT2D eigenvalue weighted by molar-refractivity contribution is 5.89. The van der Waals surface area contributed by atoms with E-state index in [2.05, 4.69) is 25.5 Å². The molecule has 2 amide bonds. The Morgan fingerprint density at radius 2 is 1.94 bits per heavy atom. The number of hydrogen-bond donors (Lipinski definition) is 2. The van der Waals surface area contributed by atoms with E-state index in [0.29, 0.717) is 19.1 Å². The van der Waals surface area contributed by atoms with E-state index in [1.54, 1.807) is 0 Å². The number of amides is 2. The van der Waals surface area contributed by atoms with Crippen molar-refractivity contribution >= 4 is 17.5 Å². The molecule has 1 atom stereocenters. The van der Waals surface area contributed by atoms with Crippen molar-refractivity contribution in [3.63, 3.8) is 0 Å². The van der Waals surface area contributed by atoms with E-state index in [9.17, 15) is 4.79 Å². The van der Waals surface area contributed by atoms with Gasteiger partial charge in [0.05, 0.1) is 12.3 Å². The van der Waals surface area contributed by atoms with Crippen molar-refractivity contribution in [2.45, 2.75) is 39.0 Å². The zero-order chi connectivity index (χ0) is 24.7. The SMILES string of the molecule is CCNC(=O)Nc1ccc(-c2nc3c(c(N4CCCOCC4)n2)CCC(Cc2ncccn2)C3)cc1. The third-order valence-corrected chi connectivity index (χ3v) is 6.71. The maximum atomic E-state index is 11.9. The Hall–Kier alpha value is -3.59. The lowest BCUT2D eigenvalue weighted by Gasteiger charge is -2.30. The van der Waals surface area contributed by atoms with Gasteiger partial charge in [0.2, 0.25) is 0 Å². The highest BCUT2D eigenvalue weighted by Crippen LogP contribution is 2.34. The Bertz CT molecular complexity index is 1160. The van der Waals surface area contributed by atoms with Crippen LogP contribution in [0.25, 0.3) is 11.4 Å². The van der Waals surface area contributed by atoms with Crippen LogP contribution in [0.15, 0.2) is 42.7 Å². The van der Waals surface area contributed by atoms with Crippen LogP contribution in [0.4, 0.5) is 16.3 Å². The van der Waals surface area contributed by atoms with Crippen LogP contribution in [0, 0.1) is 5.92 Å². The number of urea groups is 1. The lowest BCUT2D eigenvalue weighted by Crippen LogP contribution is -2.30. The fourth-order valence-electron chi connectivity index (χ4n) is 4.92. The largest absolute Gasteiger partial charge is 0.380 e. The molecule has 1 saturated heterocycles. The summed E-state index contributed by atoms with van der Waals surface area (Å²) in [6.07, 6.45) is 8.37. The normalized spacial score (nSPS) is 17.7. The van der Waals surface area contributed by atoms with E-state index >= 15 is 0 Å². The molecule has 1 aliphatic heterocycles. The molecular formula is C27H33N7O2. The molecule has 188 valence electrons. The van der Waals surface area contributed by atoms with Crippen molar-refractivity contribution in [3.05, 3.63) is 59.8 Å². The van der Waals surface area contributed by atoms with Crippen LogP contribution >= 0.6 is 0 Å². The molecule has 0 bridgehead atoms. The molecular weight excluding hydrogens is 454 g/mol. The molecule has 9 heteroatoms. The molecule has 9 nitrogen and oxygen atoms in total. The van der Waals surface area contributed by atoms with Gasteiger partial charge >= 0.3 is 6.03 Å². The highest BCUT2D eigenvalue weighted by Gasteiger charge is 2.27. The van der Waals surface area contributed by atoms with E-state index in [-0.39, 0.29) is 6.03 Å². The maximum absolute atomic E-state index is 11.9. The molecule has 0 saturated carbocycles. The molecule has 1 unspecified atom stereocenters. The Morgan fingerprint density at radius 1 is 1.11 bits per heavy atom. The molecule has 0 spiro atoms. The number of nitrogens with one attached hydrogen (secondary N) is 2. The van der Waals surface area contributed by atoms with E-state index < -0.39 is 0 Å². The van der Waals surface area contributed by atoms with Crippen molar-refractivity contribution in [2.24, 2.45) is 5.92 Å². The van der Waals surface area contributed by atoms with Crippen molar-refractivity contribution in [1.82, 2.24) is 25.3 Å². The number of ether oxygens (including phenoxy) is 1. The molecule has 2 aromatic heterocycles. The maximum Gasteiger partial charge on any atom is 0.319 e. The summed E-state index contributed by atoms with van der Waals surface area (Å²) in [5.74, 6) is 3.10. The second-order valence-corrected chi connectivity index (χ2v) is 9.29. The van der Waals surface area contributed by atoms with Crippen LogP contribution in [0.1, 0.15) is 36.8 Å². The number of fused-ring (bicyclic) bond motifs is 1. The molecule has 5 rings (SSSR count). The zero-order valence-electron chi connectivity index (χ0n) is 20.7. The number of carbonyl (C=O) groups is 1. The monoisotopic (exact) mass is 487 g/mol. The van der Waals surface area contributed by atoms with E-state index in [4.69, 9.17) is 14.7 Å². The summed E-state index contributed by atoms with van der Waals surface area (Å²) in [5.41, 5.74) is 4.05. The standard InChI is InChI=1S/C27H33N7O2/c1-2-28-27(35)31-21-8-6-20(7-9-21)25-32-23-17-19(18-24-29-11-3-12-30-24)5-10-22(23)26(33-25)34-13-4-15-36-16-14-34/h3,6-9,11-12,19H,2,4-5,10,13-18H2,1H3,(H2,28,31,35). The van der Waals surface area contributed by atoms with Crippen LogP contribution in [0.2, 0.25) is 0 Å². The Balaban J connectivity index is 1.44. The first kappa shape index (κ1) is 24.1. The minimum Gasteiger partial charge on any atom is -0.380 e. The quantitative estimate of drug-likeness (QED) is 0.547. The molecule has 2 N–H and O–H groups in total. The second-order valence-electron chi connectivity index (χ2n) is 9.29. The van der Waals surface area contributed by atoms with Gasteiger partial charge in [0.1, 0.15) is 11.6 Å². The number of aromatic nitrogens is 4. The Morgan fingerprint density at radius 3 is 2.75 bits per heavy atom. The number of anilines is 2. The minimum atomic E-state index is -0.214. The summed E-state index contributed by atoms with van der Waals surface area (Å²) in [6.45, 7) is 5.73. The van der Waals surface area contributed by atoms with Crippen molar-refractivity contribution in [2.75, 3.05) is 43.1 Å². The van der Waals surface area contributed by atoms with Crippen LogP contribution in [0.3, 0.4) is 0 Å². The number of benzene rings is 1. The molecule has 36 heavy (non-hydrogen) atoms. The van der Waals surface area contributed by atoms with Gasteiger partial charge in [-0.05, 0) is 68.9 Å². The highest BCUT2D eigenvalue weighted by atomic mass is 16.5. The average Bonchev–Trinajstić information content (AvgIpc) is 3.19. The number of rotatable bonds is 6. The fourth-order valence-corrected chi connectivity index (χ4v) is 4.92. The van der Waals surface area contributed by atoms with Crippen molar-refractivity contribution < 1.29 is 9.53 Å². The smallest absolute Gasteiger partial charge is 0.319 e. The predicted octanol–water partition coefficient (Wildman–Crippen LogP) is 3.65. The first-order valence-corrected chi connectivity index (χ1v) is 12.8. The van der Waals surface area contributed by atoms with Crippen LogP contribution in [-0.2, 0) is 24.0 Å². The van der Waals surface area contributed by atoms with Gasteiger partial charge in [0, 0.05) is 61.9 Å². The summed E-state index contributed by atoms with van der Waals surface area (Å²) < 4.78 is 5.71. The molecule has 0 radical (unpaired) electrons. The van der Waals surface area contributed by atoms with Crippen molar-refractivity contribution in [3.8, 4) is 11.4 Å². The number of hydrogen-bond acceptors (Lipinski definition) is 7. The van der Waals surface area contributed by atoms with E-state index in [1.165, 1.54) is 5.56 Å². The lowest BCUT2D eigenvalue weighted by atomic mass is 9.84. The average molecular weight is 488 g/mol. The van der Waals surface area contributed by atoms with Crippen LogP contribution in [0.5, 0.6) is 0 Å². The molecule has 1 aromatic carbocycles. The molecule has 3 heterocycles. The first-order valence-electron chi connectivity index (χ1n) is 12.8. The van der Waals surface area contributed by atoms with Crippen LogP contribution < -0.4 is 15.5 Å². The first-order chi connectivity index (χ1) is 17.7. The van der Waals surface area contributed by atoms with Gasteiger partial charge in [-0.1, -0.05) is 0 Å². The van der Waals surface area contributed by atoms with E-state index in [1.807, 2.05) is 49.6 Å².